The number of ether oxygens (including phenoxy) is 1. The summed E-state index contributed by atoms with van der Waals surface area (Å²) >= 11 is 0. The zero-order valence-corrected chi connectivity index (χ0v) is 11.1. The van der Waals surface area contributed by atoms with Crippen LogP contribution >= 0.6 is 0 Å². The van der Waals surface area contributed by atoms with Gasteiger partial charge in [-0.05, 0) is 19.1 Å². The van der Waals surface area contributed by atoms with Crippen molar-refractivity contribution >= 4 is 12.0 Å². The van der Waals surface area contributed by atoms with Gasteiger partial charge < -0.3 is 4.74 Å². The molecule has 0 saturated carbocycles. The number of hydrogen-bond donors (Lipinski definition) is 0. The zero-order valence-electron chi connectivity index (χ0n) is 11.1. The second kappa shape index (κ2) is 5.52. The van der Waals surface area contributed by atoms with E-state index >= 15 is 0 Å². The number of rotatable bonds is 5. The number of benzene rings is 1. The van der Waals surface area contributed by atoms with E-state index < -0.39 is 4.92 Å². The maximum atomic E-state index is 11.0. The van der Waals surface area contributed by atoms with Gasteiger partial charge in [0, 0.05) is 19.2 Å². The Morgan fingerprint density at radius 3 is 2.75 bits per heavy atom. The lowest BCUT2D eigenvalue weighted by molar-refractivity contribution is -0.384. The summed E-state index contributed by atoms with van der Waals surface area (Å²) in [5.74, 6) is 0.310. The molecule has 1 aromatic carbocycles. The molecule has 0 amide bonds. The highest BCUT2D eigenvalue weighted by Crippen LogP contribution is 2.23. The number of carbonyl (C=O) groups is 1. The van der Waals surface area contributed by atoms with Crippen LogP contribution in [0.4, 0.5) is 5.69 Å². The summed E-state index contributed by atoms with van der Waals surface area (Å²) < 4.78 is 7.21. The third-order valence-electron chi connectivity index (χ3n) is 2.81. The highest BCUT2D eigenvalue weighted by Gasteiger charge is 2.12. The van der Waals surface area contributed by atoms with Crippen LogP contribution in [0.25, 0.3) is 0 Å². The summed E-state index contributed by atoms with van der Waals surface area (Å²) in [5.41, 5.74) is 1.72. The number of nitrogens with zero attached hydrogens (tertiary/aromatic N) is 3. The molecule has 0 saturated heterocycles. The third kappa shape index (κ3) is 2.82. The van der Waals surface area contributed by atoms with Crippen molar-refractivity contribution in [2.45, 2.75) is 13.5 Å². The molecule has 0 aliphatic rings. The third-order valence-corrected chi connectivity index (χ3v) is 2.81. The van der Waals surface area contributed by atoms with Crippen molar-refractivity contribution in [1.82, 2.24) is 9.78 Å². The Hall–Kier alpha value is -2.70. The molecule has 0 radical (unpaired) electrons. The van der Waals surface area contributed by atoms with E-state index in [1.54, 1.807) is 11.7 Å². The molecule has 1 heterocycles. The average molecular weight is 275 g/mol. The number of nitro groups is 1. The first-order valence-corrected chi connectivity index (χ1v) is 5.87. The highest BCUT2D eigenvalue weighted by molar-refractivity contribution is 5.80. The summed E-state index contributed by atoms with van der Waals surface area (Å²) in [7, 11) is 1.79. The predicted octanol–water partition coefficient (Wildman–Crippen LogP) is 2.03. The van der Waals surface area contributed by atoms with Crippen molar-refractivity contribution in [1.29, 1.82) is 0 Å². The van der Waals surface area contributed by atoms with E-state index in [1.807, 2.05) is 13.0 Å². The van der Waals surface area contributed by atoms with E-state index in [1.165, 1.54) is 18.2 Å². The lowest BCUT2D eigenvalue weighted by Crippen LogP contribution is -2.04. The Kier molecular flexibility index (Phi) is 3.79. The maximum Gasteiger partial charge on any atom is 0.270 e. The number of aldehydes is 1. The summed E-state index contributed by atoms with van der Waals surface area (Å²) in [6.45, 7) is 2.10. The highest BCUT2D eigenvalue weighted by atomic mass is 16.6. The predicted molar refractivity (Wildman–Crippen MR) is 70.8 cm³/mol. The molecule has 0 bridgehead atoms. The van der Waals surface area contributed by atoms with Gasteiger partial charge in [0.1, 0.15) is 12.4 Å². The standard InChI is InChI=1S/C13H13N3O4/c1-9-5-12(15(2)14-9)8-20-13-4-3-11(16(18)19)6-10(13)7-17/h3-7H,8H2,1-2H3. The monoisotopic (exact) mass is 275 g/mol. The quantitative estimate of drug-likeness (QED) is 0.473. The molecule has 0 N–H and O–H groups in total. The van der Waals surface area contributed by atoms with Gasteiger partial charge in [-0.2, -0.15) is 5.10 Å². The molecule has 2 aromatic rings. The minimum atomic E-state index is -0.554. The van der Waals surface area contributed by atoms with Gasteiger partial charge in [-0.15, -0.1) is 0 Å². The lowest BCUT2D eigenvalue weighted by Gasteiger charge is -2.08. The van der Waals surface area contributed by atoms with Crippen LogP contribution in [0.15, 0.2) is 24.3 Å². The molecule has 0 fully saturated rings. The van der Waals surface area contributed by atoms with Gasteiger partial charge in [0.05, 0.1) is 21.9 Å². The molecule has 7 nitrogen and oxygen atoms in total. The van der Waals surface area contributed by atoms with Gasteiger partial charge in [0.15, 0.2) is 6.29 Å². The second-order valence-electron chi connectivity index (χ2n) is 4.29. The molecule has 0 aliphatic heterocycles. The normalized spacial score (nSPS) is 10.3. The molecule has 7 heteroatoms. The molecule has 104 valence electrons. The first-order chi connectivity index (χ1) is 9.51. The fourth-order valence-corrected chi connectivity index (χ4v) is 1.82. The van der Waals surface area contributed by atoms with E-state index in [2.05, 4.69) is 5.10 Å². The largest absolute Gasteiger partial charge is 0.487 e. The van der Waals surface area contributed by atoms with Crippen LogP contribution in [0.3, 0.4) is 0 Å². The fourth-order valence-electron chi connectivity index (χ4n) is 1.82. The summed E-state index contributed by atoms with van der Waals surface area (Å²) in [5, 5.41) is 14.8. The van der Waals surface area contributed by atoms with Crippen LogP contribution in [0.1, 0.15) is 21.7 Å². The van der Waals surface area contributed by atoms with Crippen LogP contribution in [-0.2, 0) is 13.7 Å². The number of non-ortho nitro benzene ring substituents is 1. The van der Waals surface area contributed by atoms with E-state index in [4.69, 9.17) is 4.74 Å². The Bertz CT molecular complexity index is 664. The molecule has 1 aromatic heterocycles. The number of carbonyl (C=O) groups excluding carboxylic acids is 1. The Labute approximate surface area is 114 Å². The van der Waals surface area contributed by atoms with Gasteiger partial charge in [0.25, 0.3) is 5.69 Å². The average Bonchev–Trinajstić information content (AvgIpc) is 2.74. The van der Waals surface area contributed by atoms with Crippen molar-refractivity contribution in [3.63, 3.8) is 0 Å². The topological polar surface area (TPSA) is 87.3 Å². The van der Waals surface area contributed by atoms with E-state index in [9.17, 15) is 14.9 Å². The van der Waals surface area contributed by atoms with Crippen molar-refractivity contribution < 1.29 is 14.5 Å². The Morgan fingerprint density at radius 1 is 1.45 bits per heavy atom. The van der Waals surface area contributed by atoms with Crippen molar-refractivity contribution in [3.05, 3.63) is 51.3 Å². The number of aromatic nitrogens is 2. The van der Waals surface area contributed by atoms with E-state index in [0.29, 0.717) is 12.0 Å². The van der Waals surface area contributed by atoms with Crippen molar-refractivity contribution in [2.75, 3.05) is 0 Å². The van der Waals surface area contributed by atoms with Crippen molar-refractivity contribution in [3.8, 4) is 5.75 Å². The number of hydrogen-bond acceptors (Lipinski definition) is 5. The van der Waals surface area contributed by atoms with Crippen LogP contribution in [0, 0.1) is 17.0 Å². The second-order valence-corrected chi connectivity index (χ2v) is 4.29. The molecule has 0 spiro atoms. The number of aryl methyl sites for hydroxylation is 2. The van der Waals surface area contributed by atoms with Gasteiger partial charge in [-0.25, -0.2) is 0 Å². The zero-order chi connectivity index (χ0) is 14.7. The van der Waals surface area contributed by atoms with E-state index in [0.717, 1.165) is 11.4 Å². The molecule has 20 heavy (non-hydrogen) atoms. The van der Waals surface area contributed by atoms with Crippen LogP contribution in [0.5, 0.6) is 5.75 Å². The minimum absolute atomic E-state index is 0.143. The molecule has 0 atom stereocenters. The Balaban J connectivity index is 2.19. The molecular formula is C13H13N3O4. The Morgan fingerprint density at radius 2 is 2.20 bits per heavy atom. The first-order valence-electron chi connectivity index (χ1n) is 5.87. The van der Waals surface area contributed by atoms with Crippen molar-refractivity contribution in [2.24, 2.45) is 7.05 Å². The van der Waals surface area contributed by atoms with Gasteiger partial charge in [-0.3, -0.25) is 19.6 Å². The van der Waals surface area contributed by atoms with Crippen LogP contribution < -0.4 is 4.74 Å². The summed E-state index contributed by atoms with van der Waals surface area (Å²) in [6, 6.07) is 5.78. The lowest BCUT2D eigenvalue weighted by atomic mass is 10.2. The molecule has 0 unspecified atom stereocenters. The smallest absolute Gasteiger partial charge is 0.270 e. The molecule has 0 aliphatic carbocycles. The molecular weight excluding hydrogens is 262 g/mol. The fraction of sp³-hybridized carbons (Fsp3) is 0.231. The number of nitro benzene ring substituents is 1. The van der Waals surface area contributed by atoms with Crippen LogP contribution in [0.2, 0.25) is 0 Å². The summed E-state index contributed by atoms with van der Waals surface area (Å²) in [4.78, 5) is 21.1. The van der Waals surface area contributed by atoms with Gasteiger partial charge in [0.2, 0.25) is 0 Å². The van der Waals surface area contributed by atoms with Crippen LogP contribution in [-0.4, -0.2) is 21.0 Å². The molecule has 2 rings (SSSR count). The SMILES string of the molecule is Cc1cc(COc2ccc([N+](=O)[O-])cc2C=O)n(C)n1. The maximum absolute atomic E-state index is 11.0. The summed E-state index contributed by atoms with van der Waals surface area (Å²) in [6.07, 6.45) is 0.539. The first kappa shape index (κ1) is 13.7. The van der Waals surface area contributed by atoms with E-state index in [-0.39, 0.29) is 17.9 Å². The van der Waals surface area contributed by atoms with Gasteiger partial charge >= 0.3 is 0 Å². The minimum Gasteiger partial charge on any atom is -0.487 e. The van der Waals surface area contributed by atoms with Gasteiger partial charge in [-0.1, -0.05) is 0 Å².